The van der Waals surface area contributed by atoms with E-state index in [1.165, 1.54) is 12.8 Å². The Morgan fingerprint density at radius 1 is 1.67 bits per heavy atom. The zero-order valence-corrected chi connectivity index (χ0v) is 5.42. The maximum Gasteiger partial charge on any atom is 0.0873 e. The Kier molecular flexibility index (Phi) is 2.43. The average molecular weight is 125 g/mol. The summed E-state index contributed by atoms with van der Waals surface area (Å²) in [5, 5.41) is 2.86. The van der Waals surface area contributed by atoms with Crippen molar-refractivity contribution >= 4 is 0 Å². The summed E-state index contributed by atoms with van der Waals surface area (Å²) in [5.74, 6) is 0.441. The first kappa shape index (κ1) is 6.46. The maximum absolute atomic E-state index is 9.79. The van der Waals surface area contributed by atoms with Crippen molar-refractivity contribution in [2.45, 2.75) is 19.3 Å². The van der Waals surface area contributed by atoms with Crippen molar-refractivity contribution in [3.63, 3.8) is 0 Å². The summed E-state index contributed by atoms with van der Waals surface area (Å²) in [6.45, 7) is 0.469. The van der Waals surface area contributed by atoms with Crippen LogP contribution < -0.4 is 0 Å². The van der Waals surface area contributed by atoms with Crippen molar-refractivity contribution in [1.29, 1.82) is 0 Å². The van der Waals surface area contributed by atoms with Gasteiger partial charge in [-0.2, -0.15) is 4.91 Å². The second-order valence-corrected chi connectivity index (χ2v) is 2.43. The monoisotopic (exact) mass is 125 g/mol. The van der Waals surface area contributed by atoms with E-state index in [0.29, 0.717) is 12.5 Å². The SMILES string of the molecule is O=NCC1C=CCCC1. The standard InChI is InChI=1S/C7H11NO/c9-8-6-7-4-2-1-3-5-7/h2,4,7H,1,3,5-6H2. The summed E-state index contributed by atoms with van der Waals surface area (Å²) in [5.41, 5.74) is 0. The number of rotatable bonds is 2. The van der Waals surface area contributed by atoms with E-state index >= 15 is 0 Å². The number of nitrogens with zero attached hydrogens (tertiary/aromatic N) is 1. The molecule has 1 aliphatic carbocycles. The van der Waals surface area contributed by atoms with Gasteiger partial charge in [-0.3, -0.25) is 0 Å². The second-order valence-electron chi connectivity index (χ2n) is 2.43. The van der Waals surface area contributed by atoms with Crippen LogP contribution in [0.2, 0.25) is 0 Å². The van der Waals surface area contributed by atoms with Gasteiger partial charge in [-0.15, -0.1) is 0 Å². The summed E-state index contributed by atoms with van der Waals surface area (Å²) >= 11 is 0. The molecule has 0 aromatic heterocycles. The van der Waals surface area contributed by atoms with Gasteiger partial charge < -0.3 is 0 Å². The predicted octanol–water partition coefficient (Wildman–Crippen LogP) is 2.11. The molecule has 1 aliphatic rings. The molecule has 9 heavy (non-hydrogen) atoms. The minimum atomic E-state index is 0.441. The topological polar surface area (TPSA) is 29.4 Å². The highest BCUT2D eigenvalue weighted by molar-refractivity contribution is 4.93. The highest BCUT2D eigenvalue weighted by Crippen LogP contribution is 2.16. The van der Waals surface area contributed by atoms with Crippen LogP contribution in [0.4, 0.5) is 0 Å². The number of hydrogen-bond donors (Lipinski definition) is 0. The third kappa shape index (κ3) is 1.96. The summed E-state index contributed by atoms with van der Waals surface area (Å²) < 4.78 is 0. The summed E-state index contributed by atoms with van der Waals surface area (Å²) in [7, 11) is 0. The van der Waals surface area contributed by atoms with Crippen LogP contribution in [0.25, 0.3) is 0 Å². The Labute approximate surface area is 54.9 Å². The lowest BCUT2D eigenvalue weighted by molar-refractivity contribution is 0.550. The van der Waals surface area contributed by atoms with Crippen LogP contribution in [0, 0.1) is 10.8 Å². The lowest BCUT2D eigenvalue weighted by Crippen LogP contribution is -2.03. The van der Waals surface area contributed by atoms with Crippen molar-refractivity contribution in [2.75, 3.05) is 6.54 Å². The molecule has 0 amide bonds. The van der Waals surface area contributed by atoms with Gasteiger partial charge in [-0.25, -0.2) is 0 Å². The van der Waals surface area contributed by atoms with Crippen LogP contribution >= 0.6 is 0 Å². The number of allylic oxidation sites excluding steroid dienone is 1. The quantitative estimate of drug-likeness (QED) is 0.410. The first-order valence-corrected chi connectivity index (χ1v) is 3.39. The zero-order chi connectivity index (χ0) is 6.53. The van der Waals surface area contributed by atoms with Crippen LogP contribution in [-0.4, -0.2) is 6.54 Å². The minimum absolute atomic E-state index is 0.441. The lowest BCUT2D eigenvalue weighted by Gasteiger charge is -2.10. The molecular weight excluding hydrogens is 114 g/mol. The molecule has 0 saturated heterocycles. The normalized spacial score (nSPS) is 26.0. The molecule has 2 heteroatoms. The van der Waals surface area contributed by atoms with Gasteiger partial charge in [0.2, 0.25) is 0 Å². The third-order valence-electron chi connectivity index (χ3n) is 1.66. The Bertz CT molecular complexity index is 120. The molecule has 0 spiro atoms. The summed E-state index contributed by atoms with van der Waals surface area (Å²) in [6.07, 6.45) is 7.78. The van der Waals surface area contributed by atoms with Gasteiger partial charge in [0.05, 0.1) is 6.54 Å². The van der Waals surface area contributed by atoms with Crippen LogP contribution in [0.5, 0.6) is 0 Å². The second kappa shape index (κ2) is 3.38. The Morgan fingerprint density at radius 2 is 2.56 bits per heavy atom. The summed E-state index contributed by atoms with van der Waals surface area (Å²) in [6, 6.07) is 0. The van der Waals surface area contributed by atoms with E-state index < -0.39 is 0 Å². The third-order valence-corrected chi connectivity index (χ3v) is 1.66. The van der Waals surface area contributed by atoms with Crippen LogP contribution in [0.3, 0.4) is 0 Å². The molecule has 0 saturated carbocycles. The smallest absolute Gasteiger partial charge is 0.0873 e. The minimum Gasteiger partial charge on any atom is -0.151 e. The van der Waals surface area contributed by atoms with Gasteiger partial charge in [-0.1, -0.05) is 17.3 Å². The van der Waals surface area contributed by atoms with E-state index in [4.69, 9.17) is 0 Å². The molecule has 0 aliphatic heterocycles. The van der Waals surface area contributed by atoms with E-state index in [0.717, 1.165) is 6.42 Å². The fourth-order valence-corrected chi connectivity index (χ4v) is 1.13. The molecule has 1 unspecified atom stereocenters. The van der Waals surface area contributed by atoms with Gasteiger partial charge in [0.1, 0.15) is 0 Å². The molecule has 1 rings (SSSR count). The van der Waals surface area contributed by atoms with Crippen LogP contribution in [-0.2, 0) is 0 Å². The van der Waals surface area contributed by atoms with Gasteiger partial charge in [0, 0.05) is 0 Å². The fraction of sp³-hybridized carbons (Fsp3) is 0.714. The molecular formula is C7H11NO. The van der Waals surface area contributed by atoms with Crippen molar-refractivity contribution in [3.8, 4) is 0 Å². The van der Waals surface area contributed by atoms with E-state index in [9.17, 15) is 4.91 Å². The number of hydrogen-bond acceptors (Lipinski definition) is 2. The van der Waals surface area contributed by atoms with Gasteiger partial charge in [0.25, 0.3) is 0 Å². The zero-order valence-electron chi connectivity index (χ0n) is 5.42. The summed E-state index contributed by atoms with van der Waals surface area (Å²) in [4.78, 5) is 9.79. The Morgan fingerprint density at radius 3 is 3.11 bits per heavy atom. The van der Waals surface area contributed by atoms with Crippen LogP contribution in [0.1, 0.15) is 19.3 Å². The van der Waals surface area contributed by atoms with Crippen molar-refractivity contribution < 1.29 is 0 Å². The molecule has 0 bridgehead atoms. The molecule has 2 nitrogen and oxygen atoms in total. The van der Waals surface area contributed by atoms with Gasteiger partial charge >= 0.3 is 0 Å². The van der Waals surface area contributed by atoms with E-state index in [2.05, 4.69) is 17.3 Å². The first-order valence-electron chi connectivity index (χ1n) is 3.39. The maximum atomic E-state index is 9.79. The Balaban J connectivity index is 2.31. The fourth-order valence-electron chi connectivity index (χ4n) is 1.13. The van der Waals surface area contributed by atoms with E-state index in [1.807, 2.05) is 0 Å². The highest BCUT2D eigenvalue weighted by atomic mass is 16.3. The Hall–Kier alpha value is -0.660. The molecule has 0 aromatic carbocycles. The molecule has 0 aromatic rings. The van der Waals surface area contributed by atoms with E-state index in [1.54, 1.807) is 0 Å². The first-order chi connectivity index (χ1) is 4.43. The van der Waals surface area contributed by atoms with Crippen molar-refractivity contribution in [3.05, 3.63) is 17.1 Å². The predicted molar refractivity (Wildman–Crippen MR) is 37.1 cm³/mol. The van der Waals surface area contributed by atoms with E-state index in [-0.39, 0.29) is 0 Å². The molecule has 50 valence electrons. The van der Waals surface area contributed by atoms with Gasteiger partial charge in [-0.05, 0) is 25.2 Å². The molecule has 0 heterocycles. The van der Waals surface area contributed by atoms with Crippen LogP contribution in [0.15, 0.2) is 17.3 Å². The molecule has 0 N–H and O–H groups in total. The largest absolute Gasteiger partial charge is 0.151 e. The van der Waals surface area contributed by atoms with Gasteiger partial charge in [0.15, 0.2) is 0 Å². The number of nitroso groups, excluding NO2 is 1. The van der Waals surface area contributed by atoms with Crippen molar-refractivity contribution in [2.24, 2.45) is 11.1 Å². The molecule has 0 radical (unpaired) electrons. The van der Waals surface area contributed by atoms with Crippen molar-refractivity contribution in [1.82, 2.24) is 0 Å². The average Bonchev–Trinajstić information content (AvgIpc) is 1.91. The molecule has 1 atom stereocenters. The molecule has 0 fully saturated rings. The lowest BCUT2D eigenvalue weighted by atomic mass is 9.96. The highest BCUT2D eigenvalue weighted by Gasteiger charge is 2.06.